The molecule has 1 heterocycles. The predicted molar refractivity (Wildman–Crippen MR) is 113 cm³/mol. The third-order valence-corrected chi connectivity index (χ3v) is 5.42. The first-order valence-electron chi connectivity index (χ1n) is 10.3. The summed E-state index contributed by atoms with van der Waals surface area (Å²) >= 11 is 0. The van der Waals surface area contributed by atoms with Crippen molar-refractivity contribution < 1.29 is 14.4 Å². The molecule has 2 N–H and O–H groups in total. The molecule has 5 nitrogen and oxygen atoms in total. The standard InChI is InChI=1S/C23H31N3O2/c1-3-9-20(19-10-5-4-6-11-19)24-23(27)18-25-14-16-26(17-15-25)21-12-7-8-13-22(21)28-2/h4-8,10-13,20H,3,9,14-18H2,1-2H3,(H,24,27)/p+1/t20-/m0/s1. The molecule has 3 rings (SSSR count). The third kappa shape index (κ3) is 5.26. The highest BCUT2D eigenvalue weighted by Gasteiger charge is 2.25. The average molecular weight is 383 g/mol. The Balaban J connectivity index is 1.52. The van der Waals surface area contributed by atoms with Crippen LogP contribution in [0.4, 0.5) is 5.69 Å². The number of para-hydroxylation sites is 2. The van der Waals surface area contributed by atoms with Gasteiger partial charge in [-0.1, -0.05) is 55.8 Å². The van der Waals surface area contributed by atoms with Crippen molar-refractivity contribution in [3.05, 3.63) is 60.2 Å². The molecule has 150 valence electrons. The van der Waals surface area contributed by atoms with Crippen LogP contribution in [0.3, 0.4) is 0 Å². The van der Waals surface area contributed by atoms with Gasteiger partial charge in [0.1, 0.15) is 5.75 Å². The Morgan fingerprint density at radius 3 is 2.46 bits per heavy atom. The first kappa shape index (κ1) is 20.2. The van der Waals surface area contributed by atoms with Crippen LogP contribution >= 0.6 is 0 Å². The highest BCUT2D eigenvalue weighted by Crippen LogP contribution is 2.27. The first-order valence-corrected chi connectivity index (χ1v) is 10.3. The van der Waals surface area contributed by atoms with Gasteiger partial charge in [-0.25, -0.2) is 0 Å². The molecule has 0 spiro atoms. The average Bonchev–Trinajstić information content (AvgIpc) is 2.74. The zero-order valence-corrected chi connectivity index (χ0v) is 17.0. The maximum absolute atomic E-state index is 12.7. The molecule has 0 unspecified atom stereocenters. The second kappa shape index (κ2) is 10.1. The Bertz CT molecular complexity index is 743. The Morgan fingerprint density at radius 2 is 1.79 bits per heavy atom. The van der Waals surface area contributed by atoms with Gasteiger partial charge in [-0.2, -0.15) is 0 Å². The highest BCUT2D eigenvalue weighted by atomic mass is 16.5. The lowest BCUT2D eigenvalue weighted by Crippen LogP contribution is -3.16. The summed E-state index contributed by atoms with van der Waals surface area (Å²) < 4.78 is 5.49. The summed E-state index contributed by atoms with van der Waals surface area (Å²) in [5.41, 5.74) is 2.33. The lowest BCUT2D eigenvalue weighted by molar-refractivity contribution is -0.892. The van der Waals surface area contributed by atoms with E-state index in [-0.39, 0.29) is 11.9 Å². The van der Waals surface area contributed by atoms with Gasteiger partial charge < -0.3 is 19.9 Å². The molecule has 1 atom stereocenters. The van der Waals surface area contributed by atoms with Crippen LogP contribution in [0.2, 0.25) is 0 Å². The number of hydrogen-bond acceptors (Lipinski definition) is 3. The quantitative estimate of drug-likeness (QED) is 0.735. The molecular formula is C23H32N3O2+. The van der Waals surface area contributed by atoms with Crippen LogP contribution in [0.15, 0.2) is 54.6 Å². The minimum atomic E-state index is 0.105. The van der Waals surface area contributed by atoms with Crippen LogP contribution in [0.5, 0.6) is 5.75 Å². The number of carbonyl (C=O) groups is 1. The van der Waals surface area contributed by atoms with Crippen molar-refractivity contribution >= 4 is 11.6 Å². The second-order valence-corrected chi connectivity index (χ2v) is 7.41. The molecule has 2 aromatic rings. The monoisotopic (exact) mass is 382 g/mol. The van der Waals surface area contributed by atoms with Crippen molar-refractivity contribution in [3.63, 3.8) is 0 Å². The van der Waals surface area contributed by atoms with E-state index in [1.165, 1.54) is 10.5 Å². The van der Waals surface area contributed by atoms with Crippen molar-refractivity contribution in [2.75, 3.05) is 44.7 Å². The Morgan fingerprint density at radius 1 is 1.11 bits per heavy atom. The van der Waals surface area contributed by atoms with Gasteiger partial charge in [0.25, 0.3) is 5.91 Å². The van der Waals surface area contributed by atoms with Crippen LogP contribution in [0.1, 0.15) is 31.4 Å². The molecule has 0 radical (unpaired) electrons. The lowest BCUT2D eigenvalue weighted by atomic mass is 10.0. The number of carbonyl (C=O) groups excluding carboxylic acids is 1. The molecule has 28 heavy (non-hydrogen) atoms. The van der Waals surface area contributed by atoms with Crippen LogP contribution in [-0.2, 0) is 4.79 Å². The number of quaternary nitrogens is 1. The summed E-state index contributed by atoms with van der Waals surface area (Å²) in [5, 5.41) is 3.25. The van der Waals surface area contributed by atoms with E-state index < -0.39 is 0 Å². The summed E-state index contributed by atoms with van der Waals surface area (Å²) in [6.07, 6.45) is 2.01. The van der Waals surface area contributed by atoms with Crippen molar-refractivity contribution in [2.24, 2.45) is 0 Å². The Labute approximate surface area is 168 Å². The van der Waals surface area contributed by atoms with Crippen LogP contribution in [0, 0.1) is 0 Å². The summed E-state index contributed by atoms with van der Waals surface area (Å²) in [6.45, 7) is 6.46. The van der Waals surface area contributed by atoms with Gasteiger partial charge in [0.15, 0.2) is 6.54 Å². The smallest absolute Gasteiger partial charge is 0.275 e. The fourth-order valence-corrected chi connectivity index (χ4v) is 3.90. The normalized spacial score (nSPS) is 15.9. The Kier molecular flexibility index (Phi) is 7.31. The molecule has 0 saturated carbocycles. The van der Waals surface area contributed by atoms with Gasteiger partial charge in [0, 0.05) is 0 Å². The van der Waals surface area contributed by atoms with E-state index in [0.29, 0.717) is 6.54 Å². The number of amides is 1. The molecule has 1 fully saturated rings. The van der Waals surface area contributed by atoms with Gasteiger partial charge in [-0.15, -0.1) is 0 Å². The molecule has 1 aliphatic rings. The van der Waals surface area contributed by atoms with Crippen molar-refractivity contribution in [3.8, 4) is 5.75 Å². The first-order chi connectivity index (χ1) is 13.7. The molecular weight excluding hydrogens is 350 g/mol. The van der Waals surface area contributed by atoms with E-state index >= 15 is 0 Å². The summed E-state index contributed by atoms with van der Waals surface area (Å²) in [4.78, 5) is 16.3. The number of piperazine rings is 1. The highest BCUT2D eigenvalue weighted by molar-refractivity contribution is 5.77. The van der Waals surface area contributed by atoms with Gasteiger partial charge >= 0.3 is 0 Å². The molecule has 1 amide bonds. The van der Waals surface area contributed by atoms with E-state index in [0.717, 1.165) is 50.5 Å². The number of anilines is 1. The zero-order chi connectivity index (χ0) is 19.8. The Hall–Kier alpha value is -2.53. The molecule has 0 bridgehead atoms. The summed E-state index contributed by atoms with van der Waals surface area (Å²) in [6, 6.07) is 18.5. The van der Waals surface area contributed by atoms with Crippen molar-refractivity contribution in [1.82, 2.24) is 5.32 Å². The number of rotatable bonds is 8. The minimum absolute atomic E-state index is 0.105. The van der Waals surface area contributed by atoms with Crippen LogP contribution in [0.25, 0.3) is 0 Å². The third-order valence-electron chi connectivity index (χ3n) is 5.42. The molecule has 0 aliphatic carbocycles. The van der Waals surface area contributed by atoms with Gasteiger partial charge in [0.2, 0.25) is 0 Å². The van der Waals surface area contributed by atoms with Crippen LogP contribution < -0.4 is 19.9 Å². The molecule has 1 aliphatic heterocycles. The molecule has 2 aromatic carbocycles. The zero-order valence-electron chi connectivity index (χ0n) is 17.0. The molecule has 1 saturated heterocycles. The number of hydrogen-bond donors (Lipinski definition) is 2. The maximum atomic E-state index is 12.7. The number of ether oxygens (including phenoxy) is 1. The SMILES string of the molecule is CCC[C@H](NC(=O)C[NH+]1CCN(c2ccccc2OC)CC1)c1ccccc1. The summed E-state index contributed by atoms with van der Waals surface area (Å²) in [5.74, 6) is 1.05. The predicted octanol–water partition coefficient (Wildman–Crippen LogP) is 2.06. The fourth-order valence-electron chi connectivity index (χ4n) is 3.90. The number of nitrogens with zero attached hydrogens (tertiary/aromatic N) is 1. The second-order valence-electron chi connectivity index (χ2n) is 7.41. The number of benzene rings is 2. The molecule has 5 heteroatoms. The van der Waals surface area contributed by atoms with Crippen molar-refractivity contribution in [1.29, 1.82) is 0 Å². The maximum Gasteiger partial charge on any atom is 0.275 e. The number of methoxy groups -OCH3 is 1. The largest absolute Gasteiger partial charge is 0.495 e. The van der Waals surface area contributed by atoms with E-state index in [1.807, 2.05) is 36.4 Å². The van der Waals surface area contributed by atoms with E-state index in [4.69, 9.17) is 4.74 Å². The van der Waals surface area contributed by atoms with Crippen molar-refractivity contribution in [2.45, 2.75) is 25.8 Å². The lowest BCUT2D eigenvalue weighted by Gasteiger charge is -2.34. The topological polar surface area (TPSA) is 46.0 Å². The number of nitrogens with one attached hydrogen (secondary N) is 2. The fraction of sp³-hybridized carbons (Fsp3) is 0.435. The van der Waals surface area contributed by atoms with Gasteiger partial charge in [-0.05, 0) is 24.1 Å². The van der Waals surface area contributed by atoms with Gasteiger partial charge in [0.05, 0.1) is 45.0 Å². The molecule has 0 aromatic heterocycles. The minimum Gasteiger partial charge on any atom is -0.495 e. The summed E-state index contributed by atoms with van der Waals surface area (Å²) in [7, 11) is 1.71. The van der Waals surface area contributed by atoms with Crippen LogP contribution in [-0.4, -0.2) is 45.7 Å². The van der Waals surface area contributed by atoms with E-state index in [1.54, 1.807) is 7.11 Å². The van der Waals surface area contributed by atoms with E-state index in [9.17, 15) is 4.79 Å². The van der Waals surface area contributed by atoms with Gasteiger partial charge in [-0.3, -0.25) is 4.79 Å². The van der Waals surface area contributed by atoms with E-state index in [2.05, 4.69) is 35.3 Å².